The molecule has 5 atom stereocenters. The maximum atomic E-state index is 13.1. The Hall–Kier alpha value is -3.63. The van der Waals surface area contributed by atoms with Crippen molar-refractivity contribution < 1.29 is 44.6 Å². The number of β-amino-alcohol motifs (C(OH)–C–C–N with tert-alkyl or cyclic N) is 1. The van der Waals surface area contributed by atoms with E-state index >= 15 is 0 Å². The number of rotatable bonds is 14. The first-order chi connectivity index (χ1) is 23.5. The predicted octanol–water partition coefficient (Wildman–Crippen LogP) is -0.119. The minimum Gasteiger partial charge on any atom is -0.443 e. The molecule has 0 radical (unpaired) electrons. The van der Waals surface area contributed by atoms with Crippen molar-refractivity contribution in [3.63, 3.8) is 0 Å². The highest BCUT2D eigenvalue weighted by Crippen LogP contribution is 2.31. The van der Waals surface area contributed by atoms with Crippen LogP contribution in [0.1, 0.15) is 43.4 Å². The van der Waals surface area contributed by atoms with Gasteiger partial charge in [-0.05, 0) is 62.3 Å². The third-order valence-electron chi connectivity index (χ3n) is 9.36. The lowest BCUT2D eigenvalue weighted by Crippen LogP contribution is -2.60. The lowest BCUT2D eigenvalue weighted by Gasteiger charge is -2.39. The Bertz CT molecular complexity index is 1540. The fourth-order valence-corrected chi connectivity index (χ4v) is 6.46. The van der Waals surface area contributed by atoms with Gasteiger partial charge in [-0.2, -0.15) is 0 Å². The molecule has 268 valence electrons. The van der Waals surface area contributed by atoms with Crippen LogP contribution < -0.4 is 10.1 Å². The molecule has 1 aromatic heterocycles. The van der Waals surface area contributed by atoms with E-state index in [1.54, 1.807) is 18.7 Å². The molecule has 2 amide bonds. The van der Waals surface area contributed by atoms with Gasteiger partial charge in [0.2, 0.25) is 24.0 Å². The molecule has 5 rings (SSSR count). The number of fused-ring (bicyclic) bond motifs is 1. The van der Waals surface area contributed by atoms with Crippen molar-refractivity contribution in [2.45, 2.75) is 82.2 Å². The molecule has 2 aromatic carbocycles. The maximum Gasteiger partial charge on any atom is 0.247 e. The van der Waals surface area contributed by atoms with Gasteiger partial charge in [-0.15, -0.1) is 5.10 Å². The van der Waals surface area contributed by atoms with E-state index in [9.17, 15) is 30.0 Å². The number of aromatic nitrogens is 2. The van der Waals surface area contributed by atoms with Gasteiger partial charge in [0.1, 0.15) is 30.0 Å². The SMILES string of the molecule is CC(C)(NC(=O)CCCc1ccc(CCc2cccc3[nH]nc(O[C@@H]4O[C@H](CO)[C@@H](O)[C@H](O)[C@H]4O)c23)cc1)C(=O)N1CCN(CCO)CC1. The van der Waals surface area contributed by atoms with Crippen LogP contribution in [0.25, 0.3) is 10.9 Å². The van der Waals surface area contributed by atoms with Gasteiger partial charge in [0.25, 0.3) is 0 Å². The lowest BCUT2D eigenvalue weighted by molar-refractivity contribution is -0.277. The first-order valence-electron chi connectivity index (χ1n) is 16.9. The first kappa shape index (κ1) is 36.6. The molecule has 14 heteroatoms. The van der Waals surface area contributed by atoms with Gasteiger partial charge < -0.3 is 45.2 Å². The Morgan fingerprint density at radius 2 is 1.65 bits per heavy atom. The quantitative estimate of drug-likeness (QED) is 0.120. The van der Waals surface area contributed by atoms with Gasteiger partial charge in [0.15, 0.2) is 0 Å². The van der Waals surface area contributed by atoms with Gasteiger partial charge in [-0.25, -0.2) is 0 Å². The van der Waals surface area contributed by atoms with E-state index in [1.807, 2.05) is 18.2 Å². The van der Waals surface area contributed by atoms with Crippen LogP contribution in [0.5, 0.6) is 5.88 Å². The number of nitrogens with zero attached hydrogens (tertiary/aromatic N) is 3. The molecule has 2 aliphatic heterocycles. The van der Waals surface area contributed by atoms with Crippen molar-refractivity contribution in [3.8, 4) is 5.88 Å². The Morgan fingerprint density at radius 3 is 2.33 bits per heavy atom. The number of aliphatic hydroxyl groups excluding tert-OH is 5. The predicted molar refractivity (Wildman–Crippen MR) is 180 cm³/mol. The molecule has 2 saturated heterocycles. The summed E-state index contributed by atoms with van der Waals surface area (Å²) in [6.07, 6.45) is -3.94. The molecule has 0 saturated carbocycles. The molecule has 2 fully saturated rings. The summed E-state index contributed by atoms with van der Waals surface area (Å²) in [5.41, 5.74) is 2.91. The topological polar surface area (TPSA) is 201 Å². The van der Waals surface area contributed by atoms with E-state index < -0.39 is 42.9 Å². The van der Waals surface area contributed by atoms with Crippen molar-refractivity contribution >= 4 is 22.7 Å². The molecule has 7 N–H and O–H groups in total. The number of hydrogen-bond acceptors (Lipinski definition) is 11. The highest BCUT2D eigenvalue weighted by molar-refractivity contribution is 5.91. The van der Waals surface area contributed by atoms with E-state index in [4.69, 9.17) is 14.6 Å². The van der Waals surface area contributed by atoms with Crippen LogP contribution in [-0.4, -0.2) is 140 Å². The second-order valence-corrected chi connectivity index (χ2v) is 13.4. The molecule has 3 aromatic rings. The minimum atomic E-state index is -1.56. The number of ether oxygens (including phenoxy) is 2. The number of H-pyrrole nitrogens is 1. The van der Waals surface area contributed by atoms with Crippen molar-refractivity contribution in [1.29, 1.82) is 0 Å². The Labute approximate surface area is 285 Å². The average molecular weight is 684 g/mol. The van der Waals surface area contributed by atoms with Crippen LogP contribution >= 0.6 is 0 Å². The number of carbonyl (C=O) groups excluding carboxylic acids is 2. The minimum absolute atomic E-state index is 0.0957. The van der Waals surface area contributed by atoms with Gasteiger partial charge in [0.05, 0.1) is 24.1 Å². The number of aromatic amines is 1. The second-order valence-electron chi connectivity index (χ2n) is 13.4. The van der Waals surface area contributed by atoms with Gasteiger partial charge in [-0.3, -0.25) is 19.6 Å². The van der Waals surface area contributed by atoms with Gasteiger partial charge in [-0.1, -0.05) is 36.4 Å². The maximum absolute atomic E-state index is 13.1. The van der Waals surface area contributed by atoms with Crippen molar-refractivity contribution in [1.82, 2.24) is 25.3 Å². The smallest absolute Gasteiger partial charge is 0.247 e. The zero-order valence-electron chi connectivity index (χ0n) is 28.1. The molecule has 0 bridgehead atoms. The van der Waals surface area contributed by atoms with Gasteiger partial charge in [0, 0.05) is 39.1 Å². The number of hydrogen-bond donors (Lipinski definition) is 7. The molecule has 2 aliphatic rings. The fraction of sp³-hybridized carbons (Fsp3) is 0.571. The summed E-state index contributed by atoms with van der Waals surface area (Å²) in [6, 6.07) is 14.0. The lowest BCUT2D eigenvalue weighted by atomic mass is 9.99. The van der Waals surface area contributed by atoms with Crippen molar-refractivity contribution in [2.75, 3.05) is 45.9 Å². The summed E-state index contributed by atoms with van der Waals surface area (Å²) in [6.45, 7) is 6.20. The van der Waals surface area contributed by atoms with E-state index in [0.29, 0.717) is 57.4 Å². The molecule has 0 spiro atoms. The molecule has 0 aliphatic carbocycles. The zero-order valence-corrected chi connectivity index (χ0v) is 28.1. The molecular formula is C35H49N5O9. The van der Waals surface area contributed by atoms with Crippen LogP contribution in [0.15, 0.2) is 42.5 Å². The zero-order chi connectivity index (χ0) is 35.1. The van der Waals surface area contributed by atoms with Crippen LogP contribution in [0.3, 0.4) is 0 Å². The third-order valence-corrected chi connectivity index (χ3v) is 9.36. The fourth-order valence-electron chi connectivity index (χ4n) is 6.46. The number of aryl methyl sites for hydroxylation is 3. The number of piperazine rings is 1. The summed E-state index contributed by atoms with van der Waals surface area (Å²) in [7, 11) is 0. The van der Waals surface area contributed by atoms with Crippen molar-refractivity contribution in [2.24, 2.45) is 0 Å². The Balaban J connectivity index is 1.10. The monoisotopic (exact) mass is 683 g/mol. The summed E-state index contributed by atoms with van der Waals surface area (Å²) in [4.78, 5) is 29.7. The first-order valence-corrected chi connectivity index (χ1v) is 16.9. The number of benzene rings is 2. The van der Waals surface area contributed by atoms with Crippen LogP contribution in [0.2, 0.25) is 0 Å². The van der Waals surface area contributed by atoms with Crippen molar-refractivity contribution in [3.05, 3.63) is 59.2 Å². The van der Waals surface area contributed by atoms with Crippen LogP contribution in [0.4, 0.5) is 0 Å². The number of nitrogens with one attached hydrogen (secondary N) is 2. The summed E-state index contributed by atoms with van der Waals surface area (Å²) < 4.78 is 11.4. The average Bonchev–Trinajstić information content (AvgIpc) is 3.51. The highest BCUT2D eigenvalue weighted by Gasteiger charge is 2.45. The number of amides is 2. The molecule has 0 unspecified atom stereocenters. The van der Waals surface area contributed by atoms with Crippen LogP contribution in [0, 0.1) is 0 Å². The standard InChI is InChI=1S/C35H49N5O9/c1-35(2,34(47)40-17-15-39(16-18-40)19-20-41)36-27(43)8-3-5-22-9-11-23(12-10-22)13-14-24-6-4-7-25-28(24)32(38-37-25)49-33-31(46)30(45)29(44)26(21-42)48-33/h4,6-7,9-12,26,29-31,33,41-42,44-46H,3,5,8,13-21H2,1-2H3,(H,36,43)(H,37,38)/t26-,29-,30+,31-,33+/m1/s1. The number of aliphatic hydroxyl groups is 5. The molecule has 14 nitrogen and oxygen atoms in total. The van der Waals surface area contributed by atoms with E-state index in [-0.39, 0.29) is 24.3 Å². The van der Waals surface area contributed by atoms with Gasteiger partial charge >= 0.3 is 0 Å². The molecule has 3 heterocycles. The third kappa shape index (κ3) is 8.94. The normalized spacial score (nSPS) is 23.5. The summed E-state index contributed by atoms with van der Waals surface area (Å²) >= 11 is 0. The van der Waals surface area contributed by atoms with E-state index in [1.165, 1.54) is 0 Å². The molecule has 49 heavy (non-hydrogen) atoms. The Kier molecular flexibility index (Phi) is 12.3. The Morgan fingerprint density at radius 1 is 0.959 bits per heavy atom. The van der Waals surface area contributed by atoms with Crippen LogP contribution in [-0.2, 0) is 33.6 Å². The highest BCUT2D eigenvalue weighted by atomic mass is 16.7. The number of carbonyl (C=O) groups is 2. The second kappa shape index (κ2) is 16.4. The van der Waals surface area contributed by atoms with E-state index in [0.717, 1.165) is 35.0 Å². The molecular weight excluding hydrogens is 634 g/mol. The summed E-state index contributed by atoms with van der Waals surface area (Å²) in [5, 5.41) is 60.1. The summed E-state index contributed by atoms with van der Waals surface area (Å²) in [5.74, 6) is -0.0713. The largest absolute Gasteiger partial charge is 0.443 e. The van der Waals surface area contributed by atoms with E-state index in [2.05, 4.69) is 44.7 Å².